The maximum absolute atomic E-state index is 12.4. The van der Waals surface area contributed by atoms with Crippen LogP contribution in [-0.4, -0.2) is 43.2 Å². The summed E-state index contributed by atoms with van der Waals surface area (Å²) in [4.78, 5) is 12.8. The molecule has 1 aliphatic rings. The number of aryl methyl sites for hydroxylation is 1. The molecule has 1 aromatic rings. The van der Waals surface area contributed by atoms with Gasteiger partial charge in [0, 0.05) is 13.1 Å². The van der Waals surface area contributed by atoms with Gasteiger partial charge in [0.25, 0.3) is 0 Å². The number of hydrogen-bond donors (Lipinski definition) is 1. The molecule has 0 unspecified atom stereocenters. The zero-order valence-corrected chi connectivity index (χ0v) is 12.5. The molecule has 1 N–H and O–H groups in total. The Morgan fingerprint density at radius 1 is 1.41 bits per heavy atom. The molecule has 4 nitrogen and oxygen atoms in total. The molecular weight excluding hydrogens is 297 g/mol. The summed E-state index contributed by atoms with van der Waals surface area (Å²) < 4.78 is 42.3. The molecule has 122 valence electrons. The highest BCUT2D eigenvalue weighted by Gasteiger charge is 2.38. The van der Waals surface area contributed by atoms with Crippen molar-refractivity contribution in [2.24, 2.45) is 0 Å². The first-order chi connectivity index (χ1) is 10.3. The van der Waals surface area contributed by atoms with E-state index in [2.05, 4.69) is 5.32 Å². The number of amides is 1. The number of nitrogens with zero attached hydrogens (tertiary/aromatic N) is 1. The highest BCUT2D eigenvalue weighted by atomic mass is 19.4. The third kappa shape index (κ3) is 4.13. The van der Waals surface area contributed by atoms with Gasteiger partial charge < -0.3 is 15.0 Å². The minimum Gasteiger partial charge on any atom is -0.496 e. The van der Waals surface area contributed by atoms with Crippen LogP contribution in [0.1, 0.15) is 17.5 Å². The Bertz CT molecular complexity index is 546. The third-order valence-electron chi connectivity index (χ3n) is 3.69. The van der Waals surface area contributed by atoms with Crippen molar-refractivity contribution >= 4 is 5.91 Å². The number of benzene rings is 1. The largest absolute Gasteiger partial charge is 0.496 e. The number of methoxy groups -OCH3 is 1. The molecule has 0 bridgehead atoms. The van der Waals surface area contributed by atoms with Crippen molar-refractivity contribution in [2.45, 2.75) is 32.1 Å². The summed E-state index contributed by atoms with van der Waals surface area (Å²) in [5.74, 6) is 0.257. The van der Waals surface area contributed by atoms with Gasteiger partial charge in [0.1, 0.15) is 12.3 Å². The normalized spacial score (nSPS) is 18.9. The molecule has 1 atom stereocenters. The summed E-state index contributed by atoms with van der Waals surface area (Å²) in [5.41, 5.74) is 1.92. The van der Waals surface area contributed by atoms with E-state index in [9.17, 15) is 18.0 Å². The maximum atomic E-state index is 12.4. The van der Waals surface area contributed by atoms with Crippen molar-refractivity contribution in [3.8, 4) is 5.75 Å². The summed E-state index contributed by atoms with van der Waals surface area (Å²) in [7, 11) is 1.58. The number of ether oxygens (including phenoxy) is 1. The van der Waals surface area contributed by atoms with E-state index in [4.69, 9.17) is 4.74 Å². The van der Waals surface area contributed by atoms with Crippen molar-refractivity contribution in [1.82, 2.24) is 10.2 Å². The lowest BCUT2D eigenvalue weighted by Crippen LogP contribution is -2.41. The monoisotopic (exact) mass is 316 g/mol. The Hall–Kier alpha value is -1.76. The van der Waals surface area contributed by atoms with Crippen LogP contribution in [0.3, 0.4) is 0 Å². The molecule has 0 aliphatic carbocycles. The first-order valence-corrected chi connectivity index (χ1v) is 7.02. The van der Waals surface area contributed by atoms with E-state index in [1.165, 1.54) is 0 Å². The zero-order valence-electron chi connectivity index (χ0n) is 12.5. The molecule has 22 heavy (non-hydrogen) atoms. The number of carbonyl (C=O) groups excluding carboxylic acids is 1. The molecule has 1 amide bonds. The Balaban J connectivity index is 1.91. The fourth-order valence-electron chi connectivity index (χ4n) is 2.52. The van der Waals surface area contributed by atoms with Crippen molar-refractivity contribution in [3.63, 3.8) is 0 Å². The standard InChI is InChI=1S/C15H19F3N2O2/c1-10-3-4-11(7-13(10)22-2)8-19-12-5-6-20(14(12)21)9-15(16,17)18/h3-4,7,12,19H,5-6,8-9H2,1-2H3/t12-/m1/s1. The van der Waals surface area contributed by atoms with Crippen LogP contribution in [0.2, 0.25) is 0 Å². The molecule has 1 fully saturated rings. The first-order valence-electron chi connectivity index (χ1n) is 7.02. The predicted molar refractivity (Wildman–Crippen MR) is 75.6 cm³/mol. The molecule has 0 aromatic heterocycles. The maximum Gasteiger partial charge on any atom is 0.406 e. The van der Waals surface area contributed by atoms with Gasteiger partial charge in [-0.3, -0.25) is 4.79 Å². The minimum absolute atomic E-state index is 0.132. The molecule has 1 heterocycles. The topological polar surface area (TPSA) is 41.6 Å². The predicted octanol–water partition coefficient (Wildman–Crippen LogP) is 2.26. The van der Waals surface area contributed by atoms with Crippen LogP contribution in [0, 0.1) is 6.92 Å². The van der Waals surface area contributed by atoms with Crippen LogP contribution in [0.4, 0.5) is 13.2 Å². The van der Waals surface area contributed by atoms with E-state index >= 15 is 0 Å². The number of hydrogen-bond acceptors (Lipinski definition) is 3. The van der Waals surface area contributed by atoms with Crippen molar-refractivity contribution in [1.29, 1.82) is 0 Å². The molecular formula is C15H19F3N2O2. The van der Waals surface area contributed by atoms with Gasteiger partial charge in [-0.05, 0) is 30.5 Å². The Morgan fingerprint density at radius 2 is 2.14 bits per heavy atom. The lowest BCUT2D eigenvalue weighted by Gasteiger charge is -2.18. The van der Waals surface area contributed by atoms with Gasteiger partial charge in [0.2, 0.25) is 5.91 Å². The number of nitrogens with one attached hydrogen (secondary N) is 1. The van der Waals surface area contributed by atoms with E-state index in [0.717, 1.165) is 21.8 Å². The van der Waals surface area contributed by atoms with Crippen molar-refractivity contribution < 1.29 is 22.7 Å². The van der Waals surface area contributed by atoms with Crippen LogP contribution in [-0.2, 0) is 11.3 Å². The SMILES string of the molecule is COc1cc(CN[C@@H]2CCN(CC(F)(F)F)C2=O)ccc1C. The highest BCUT2D eigenvalue weighted by Crippen LogP contribution is 2.22. The number of rotatable bonds is 5. The van der Waals surface area contributed by atoms with Crippen LogP contribution in [0.25, 0.3) is 0 Å². The quantitative estimate of drug-likeness (QED) is 0.906. The molecule has 1 aliphatic heterocycles. The van der Waals surface area contributed by atoms with Gasteiger partial charge in [-0.1, -0.05) is 12.1 Å². The minimum atomic E-state index is -4.35. The number of alkyl halides is 3. The lowest BCUT2D eigenvalue weighted by molar-refractivity contribution is -0.158. The fourth-order valence-corrected chi connectivity index (χ4v) is 2.52. The van der Waals surface area contributed by atoms with Crippen LogP contribution >= 0.6 is 0 Å². The fraction of sp³-hybridized carbons (Fsp3) is 0.533. The molecule has 1 aromatic carbocycles. The van der Waals surface area contributed by atoms with Gasteiger partial charge in [-0.25, -0.2) is 0 Å². The first kappa shape index (κ1) is 16.6. The Labute approximate surface area is 127 Å². The van der Waals surface area contributed by atoms with Crippen LogP contribution in [0.15, 0.2) is 18.2 Å². The smallest absolute Gasteiger partial charge is 0.406 e. The summed E-state index contributed by atoms with van der Waals surface area (Å²) in [5, 5.41) is 3.02. The second-order valence-corrected chi connectivity index (χ2v) is 5.40. The summed E-state index contributed by atoms with van der Waals surface area (Å²) >= 11 is 0. The molecule has 0 spiro atoms. The number of halogens is 3. The van der Waals surface area contributed by atoms with Gasteiger partial charge >= 0.3 is 6.18 Å². The van der Waals surface area contributed by atoms with Gasteiger partial charge in [0.15, 0.2) is 0 Å². The van der Waals surface area contributed by atoms with E-state index in [-0.39, 0.29) is 6.54 Å². The van der Waals surface area contributed by atoms with E-state index < -0.39 is 24.7 Å². The number of likely N-dealkylation sites (tertiary alicyclic amines) is 1. The van der Waals surface area contributed by atoms with E-state index in [0.29, 0.717) is 13.0 Å². The van der Waals surface area contributed by atoms with Crippen LogP contribution < -0.4 is 10.1 Å². The van der Waals surface area contributed by atoms with Gasteiger partial charge in [-0.2, -0.15) is 13.2 Å². The van der Waals surface area contributed by atoms with Crippen molar-refractivity contribution in [2.75, 3.05) is 20.2 Å². The average Bonchev–Trinajstić information content (AvgIpc) is 2.77. The van der Waals surface area contributed by atoms with E-state index in [1.807, 2.05) is 25.1 Å². The summed E-state index contributed by atoms with van der Waals surface area (Å²) in [6.45, 7) is 1.29. The molecule has 0 saturated carbocycles. The summed E-state index contributed by atoms with van der Waals surface area (Å²) in [6.07, 6.45) is -3.97. The second kappa shape index (κ2) is 6.56. The third-order valence-corrected chi connectivity index (χ3v) is 3.69. The molecule has 1 saturated heterocycles. The highest BCUT2D eigenvalue weighted by molar-refractivity contribution is 5.84. The zero-order chi connectivity index (χ0) is 16.3. The van der Waals surface area contributed by atoms with Crippen LogP contribution in [0.5, 0.6) is 5.75 Å². The molecule has 0 radical (unpaired) electrons. The van der Waals surface area contributed by atoms with E-state index in [1.54, 1.807) is 7.11 Å². The molecule has 7 heteroatoms. The van der Waals surface area contributed by atoms with Crippen molar-refractivity contribution in [3.05, 3.63) is 29.3 Å². The lowest BCUT2D eigenvalue weighted by atomic mass is 10.1. The van der Waals surface area contributed by atoms with Gasteiger partial charge in [-0.15, -0.1) is 0 Å². The molecule has 2 rings (SSSR count). The summed E-state index contributed by atoms with van der Waals surface area (Å²) in [6, 6.07) is 5.10. The Morgan fingerprint density at radius 3 is 2.77 bits per heavy atom. The van der Waals surface area contributed by atoms with Gasteiger partial charge in [0.05, 0.1) is 13.2 Å². The number of carbonyl (C=O) groups is 1. The second-order valence-electron chi connectivity index (χ2n) is 5.40. The Kier molecular flexibility index (Phi) is 4.95. The average molecular weight is 316 g/mol.